The molecule has 27 heavy (non-hydrogen) atoms. The Kier molecular flexibility index (Phi) is 2.84. The van der Waals surface area contributed by atoms with Gasteiger partial charge in [-0.15, -0.1) is 0 Å². The second-order valence-corrected chi connectivity index (χ2v) is 8.82. The van der Waals surface area contributed by atoms with Crippen molar-refractivity contribution in [1.29, 1.82) is 0 Å². The molecule has 3 saturated heterocycles. The molecule has 4 aliphatic heterocycles. The lowest BCUT2D eigenvalue weighted by Crippen LogP contribution is -2.80. The van der Waals surface area contributed by atoms with Crippen molar-refractivity contribution < 1.29 is 14.3 Å². The van der Waals surface area contributed by atoms with Crippen LogP contribution in [-0.2, 0) is 19.7 Å². The van der Waals surface area contributed by atoms with Crippen molar-refractivity contribution in [3.63, 3.8) is 0 Å². The van der Waals surface area contributed by atoms with E-state index in [2.05, 4.69) is 54.1 Å². The molecule has 4 fully saturated rings. The Bertz CT molecular complexity index is 897. The summed E-state index contributed by atoms with van der Waals surface area (Å²) in [4.78, 5) is 18.5. The highest BCUT2D eigenvalue weighted by Crippen LogP contribution is 2.76. The summed E-state index contributed by atoms with van der Waals surface area (Å²) in [6.07, 6.45) is 4.13. The van der Waals surface area contributed by atoms with E-state index in [1.54, 1.807) is 0 Å². The molecule has 5 nitrogen and oxygen atoms in total. The molecular formula is C22H26N2O3. The number of carbonyl (C=O) groups excluding carboxylic acids is 1. The number of methoxy groups -OCH3 is 1. The van der Waals surface area contributed by atoms with Crippen LogP contribution in [0.1, 0.15) is 25.3 Å². The van der Waals surface area contributed by atoms with Gasteiger partial charge in [0.25, 0.3) is 0 Å². The molecule has 6 rings (SSSR count). The number of anilines is 1. The standard InChI is InChI=1S/C22H26N2O3/c1-4-14-12-24-10-9-21-15-7-5-6-8-17(15)23(2)22(21)18(24)11-16(14)20(21,13-27-22)19(25)26-3/h4-8,16,18H,9-13H2,1-3H3/b14-4-/t16-,18-,20-,21-,22+/m0/s1. The molecule has 1 aromatic carbocycles. The van der Waals surface area contributed by atoms with Crippen LogP contribution in [0.4, 0.5) is 5.69 Å². The highest BCUT2D eigenvalue weighted by molar-refractivity contribution is 5.86. The molecule has 5 heteroatoms. The van der Waals surface area contributed by atoms with Crippen LogP contribution in [-0.4, -0.2) is 56.5 Å². The Morgan fingerprint density at radius 3 is 2.96 bits per heavy atom. The maximum absolute atomic E-state index is 13.6. The van der Waals surface area contributed by atoms with E-state index in [1.165, 1.54) is 23.9 Å². The number of esters is 1. The first kappa shape index (κ1) is 16.1. The number of piperidine rings is 2. The van der Waals surface area contributed by atoms with E-state index in [1.807, 2.05) is 0 Å². The van der Waals surface area contributed by atoms with Gasteiger partial charge in [-0.3, -0.25) is 9.69 Å². The number of hydrogen-bond donors (Lipinski definition) is 0. The Balaban J connectivity index is 1.75. The fourth-order valence-electron chi connectivity index (χ4n) is 7.75. The van der Waals surface area contributed by atoms with E-state index in [4.69, 9.17) is 9.47 Å². The summed E-state index contributed by atoms with van der Waals surface area (Å²) in [5.41, 5.74) is 2.40. The molecule has 1 saturated carbocycles. The molecule has 0 N–H and O–H groups in total. The van der Waals surface area contributed by atoms with Crippen molar-refractivity contribution in [2.75, 3.05) is 38.8 Å². The fraction of sp³-hybridized carbons (Fsp3) is 0.591. The van der Waals surface area contributed by atoms with Gasteiger partial charge in [-0.2, -0.15) is 0 Å². The van der Waals surface area contributed by atoms with Crippen LogP contribution in [0.2, 0.25) is 0 Å². The summed E-state index contributed by atoms with van der Waals surface area (Å²) >= 11 is 0. The molecule has 0 unspecified atom stereocenters. The Labute approximate surface area is 159 Å². The second-order valence-electron chi connectivity index (χ2n) is 8.82. The quantitative estimate of drug-likeness (QED) is 0.564. The summed E-state index contributed by atoms with van der Waals surface area (Å²) in [7, 11) is 3.70. The number of fused-ring (bicyclic) bond motifs is 3. The van der Waals surface area contributed by atoms with Crippen LogP contribution in [0.15, 0.2) is 35.9 Å². The largest absolute Gasteiger partial charge is 0.468 e. The van der Waals surface area contributed by atoms with Gasteiger partial charge in [-0.25, -0.2) is 0 Å². The first-order valence-corrected chi connectivity index (χ1v) is 10.0. The molecule has 1 aromatic rings. The maximum atomic E-state index is 13.6. The zero-order chi connectivity index (χ0) is 18.6. The topological polar surface area (TPSA) is 42.0 Å². The lowest BCUT2D eigenvalue weighted by molar-refractivity contribution is -0.183. The average Bonchev–Trinajstić information content (AvgIpc) is 3.09. The van der Waals surface area contributed by atoms with Crippen molar-refractivity contribution >= 4 is 11.7 Å². The number of hydrogen-bond acceptors (Lipinski definition) is 5. The van der Waals surface area contributed by atoms with Crippen LogP contribution in [0.5, 0.6) is 0 Å². The molecule has 5 atom stereocenters. The number of allylic oxidation sites excluding steroid dienone is 1. The summed E-state index contributed by atoms with van der Waals surface area (Å²) < 4.78 is 12.3. The highest BCUT2D eigenvalue weighted by Gasteiger charge is 2.86. The number of rotatable bonds is 1. The van der Waals surface area contributed by atoms with Crippen molar-refractivity contribution in [2.45, 2.75) is 36.9 Å². The van der Waals surface area contributed by atoms with Crippen LogP contribution >= 0.6 is 0 Å². The van der Waals surface area contributed by atoms with Gasteiger partial charge in [-0.05, 0) is 31.4 Å². The van der Waals surface area contributed by atoms with Crippen LogP contribution in [0.3, 0.4) is 0 Å². The van der Waals surface area contributed by atoms with Crippen molar-refractivity contribution in [3.8, 4) is 0 Å². The molecular weight excluding hydrogens is 340 g/mol. The molecule has 0 radical (unpaired) electrons. The number of nitrogens with zero attached hydrogens (tertiary/aromatic N) is 2. The monoisotopic (exact) mass is 366 g/mol. The van der Waals surface area contributed by atoms with E-state index >= 15 is 0 Å². The summed E-state index contributed by atoms with van der Waals surface area (Å²) in [6.45, 7) is 4.50. The van der Waals surface area contributed by atoms with Gasteiger partial charge in [-0.1, -0.05) is 29.8 Å². The third-order valence-corrected chi connectivity index (χ3v) is 8.59. The Hall–Kier alpha value is -1.85. The predicted octanol–water partition coefficient (Wildman–Crippen LogP) is 2.31. The van der Waals surface area contributed by atoms with E-state index in [0.717, 1.165) is 25.9 Å². The first-order valence-electron chi connectivity index (χ1n) is 10.0. The fourth-order valence-corrected chi connectivity index (χ4v) is 7.75. The van der Waals surface area contributed by atoms with E-state index in [0.29, 0.717) is 12.6 Å². The van der Waals surface area contributed by atoms with E-state index in [-0.39, 0.29) is 17.3 Å². The number of para-hydroxylation sites is 1. The number of likely N-dealkylation sites (N-methyl/N-ethyl adjacent to an activating group) is 1. The van der Waals surface area contributed by atoms with E-state index in [9.17, 15) is 4.79 Å². The minimum absolute atomic E-state index is 0.0902. The summed E-state index contributed by atoms with van der Waals surface area (Å²) in [5, 5.41) is 0. The van der Waals surface area contributed by atoms with Gasteiger partial charge < -0.3 is 14.4 Å². The summed E-state index contributed by atoms with van der Waals surface area (Å²) in [6, 6.07) is 8.92. The van der Waals surface area contributed by atoms with Crippen LogP contribution in [0, 0.1) is 11.3 Å². The second kappa shape index (κ2) is 4.76. The van der Waals surface area contributed by atoms with Gasteiger partial charge >= 0.3 is 5.97 Å². The molecule has 142 valence electrons. The average molecular weight is 366 g/mol. The maximum Gasteiger partial charge on any atom is 0.315 e. The smallest absolute Gasteiger partial charge is 0.315 e. The normalized spacial score (nSPS) is 45.1. The minimum atomic E-state index is -0.645. The molecule has 5 bridgehead atoms. The number of carbonyl (C=O) groups is 1. The Morgan fingerprint density at radius 2 is 2.19 bits per heavy atom. The third kappa shape index (κ3) is 1.34. The lowest BCUT2D eigenvalue weighted by atomic mass is 9.43. The zero-order valence-corrected chi connectivity index (χ0v) is 16.2. The zero-order valence-electron chi connectivity index (χ0n) is 16.2. The molecule has 0 aromatic heterocycles. The first-order chi connectivity index (χ1) is 13.1. The molecule has 1 aliphatic carbocycles. The Morgan fingerprint density at radius 1 is 1.37 bits per heavy atom. The van der Waals surface area contributed by atoms with Crippen LogP contribution < -0.4 is 4.90 Å². The van der Waals surface area contributed by atoms with Crippen molar-refractivity contribution in [2.24, 2.45) is 11.3 Å². The summed E-state index contributed by atoms with van der Waals surface area (Å²) in [5.74, 6) is 0.0966. The molecule has 0 amide bonds. The third-order valence-electron chi connectivity index (χ3n) is 8.59. The van der Waals surface area contributed by atoms with Crippen molar-refractivity contribution in [3.05, 3.63) is 41.5 Å². The SMILES string of the molecule is C/C=C1/CN2CC[C@@]34c5ccccc5N(C)[C@]35OC[C@@]4(C(=O)OC)[C@H]1C[C@H]25. The highest BCUT2D eigenvalue weighted by atomic mass is 16.6. The molecule has 0 spiro atoms. The van der Waals surface area contributed by atoms with Gasteiger partial charge in [0.15, 0.2) is 5.72 Å². The van der Waals surface area contributed by atoms with Gasteiger partial charge in [0.2, 0.25) is 0 Å². The minimum Gasteiger partial charge on any atom is -0.468 e. The number of ether oxygens (including phenoxy) is 2. The predicted molar refractivity (Wildman–Crippen MR) is 101 cm³/mol. The van der Waals surface area contributed by atoms with Gasteiger partial charge in [0.1, 0.15) is 5.41 Å². The van der Waals surface area contributed by atoms with Crippen LogP contribution in [0.25, 0.3) is 0 Å². The van der Waals surface area contributed by atoms with Gasteiger partial charge in [0, 0.05) is 31.7 Å². The van der Waals surface area contributed by atoms with Crippen molar-refractivity contribution in [1.82, 2.24) is 4.90 Å². The molecule has 5 aliphatic rings. The molecule has 4 heterocycles. The number of benzene rings is 1. The van der Waals surface area contributed by atoms with Gasteiger partial charge in [0.05, 0.1) is 25.2 Å². The lowest BCUT2D eigenvalue weighted by Gasteiger charge is -2.66. The van der Waals surface area contributed by atoms with E-state index < -0.39 is 11.1 Å².